The monoisotopic (exact) mass is 345 g/mol. The highest BCUT2D eigenvalue weighted by Gasteiger charge is 2.31. The van der Waals surface area contributed by atoms with Crippen LogP contribution in [0.15, 0.2) is 22.7 Å². The molecule has 0 spiro atoms. The highest BCUT2D eigenvalue weighted by molar-refractivity contribution is 9.10. The van der Waals surface area contributed by atoms with Gasteiger partial charge in [-0.25, -0.2) is 0 Å². The van der Waals surface area contributed by atoms with Gasteiger partial charge in [-0.2, -0.15) is 0 Å². The molecule has 0 saturated carbocycles. The van der Waals surface area contributed by atoms with E-state index in [0.717, 1.165) is 19.3 Å². The van der Waals surface area contributed by atoms with E-state index in [1.165, 1.54) is 0 Å². The van der Waals surface area contributed by atoms with Gasteiger partial charge in [0.2, 0.25) is 0 Å². The minimum Gasteiger partial charge on any atom is -0.391 e. The zero-order valence-electron chi connectivity index (χ0n) is 10.8. The van der Waals surface area contributed by atoms with Crippen molar-refractivity contribution in [3.63, 3.8) is 0 Å². The fourth-order valence-electron chi connectivity index (χ4n) is 2.53. The molecule has 2 rings (SSSR count). The molecule has 1 fully saturated rings. The molecule has 0 bridgehead atoms. The van der Waals surface area contributed by atoms with Gasteiger partial charge in [-0.05, 0) is 54.2 Å². The number of piperidine rings is 1. The summed E-state index contributed by atoms with van der Waals surface area (Å²) in [7, 11) is 0. The summed E-state index contributed by atoms with van der Waals surface area (Å²) < 4.78 is 0.714. The van der Waals surface area contributed by atoms with Gasteiger partial charge in [0.1, 0.15) is 0 Å². The number of hydrogen-bond donors (Lipinski definition) is 1. The van der Waals surface area contributed by atoms with Crippen molar-refractivity contribution in [1.29, 1.82) is 0 Å². The lowest BCUT2D eigenvalue weighted by molar-refractivity contribution is 0.0281. The molecule has 0 radical (unpaired) electrons. The van der Waals surface area contributed by atoms with Crippen LogP contribution >= 0.6 is 27.5 Å². The molecular weight excluding hydrogens is 330 g/mol. The van der Waals surface area contributed by atoms with Crippen LogP contribution in [0.3, 0.4) is 0 Å². The predicted octanol–water partition coefficient (Wildman–Crippen LogP) is 3.48. The first-order valence-electron chi connectivity index (χ1n) is 6.45. The number of carbonyl (C=O) groups is 1. The lowest BCUT2D eigenvalue weighted by Gasteiger charge is -2.37. The minimum absolute atomic E-state index is 0.100. The van der Waals surface area contributed by atoms with E-state index in [9.17, 15) is 9.90 Å². The average molecular weight is 347 g/mol. The molecule has 1 aromatic rings. The van der Waals surface area contributed by atoms with Gasteiger partial charge in [-0.3, -0.25) is 4.79 Å². The number of aliphatic hydroxyl groups excluding tert-OH is 1. The first kappa shape index (κ1) is 14.8. The standard InChI is InChI=1S/C14H17BrClNO2/c1-9(18)12-7-2-3-8-17(12)14(19)10-5-4-6-11(15)13(10)16/h4-6,9,12,18H,2-3,7-8H2,1H3. The Kier molecular flexibility index (Phi) is 4.87. The van der Waals surface area contributed by atoms with E-state index in [1.54, 1.807) is 24.0 Å². The Morgan fingerprint density at radius 1 is 1.53 bits per heavy atom. The Bertz CT molecular complexity index is 479. The predicted molar refractivity (Wildman–Crippen MR) is 79.5 cm³/mol. The Labute approximate surface area is 126 Å². The number of benzene rings is 1. The average Bonchev–Trinajstić information content (AvgIpc) is 2.41. The second-order valence-electron chi connectivity index (χ2n) is 4.90. The van der Waals surface area contributed by atoms with Crippen molar-refractivity contribution in [1.82, 2.24) is 4.90 Å². The molecule has 1 amide bonds. The molecule has 2 atom stereocenters. The number of amides is 1. The summed E-state index contributed by atoms with van der Waals surface area (Å²) in [6, 6.07) is 5.21. The lowest BCUT2D eigenvalue weighted by Crippen LogP contribution is -2.49. The Balaban J connectivity index is 2.29. The van der Waals surface area contributed by atoms with Crippen molar-refractivity contribution in [3.8, 4) is 0 Å². The fraction of sp³-hybridized carbons (Fsp3) is 0.500. The number of likely N-dealkylation sites (tertiary alicyclic amines) is 1. The van der Waals surface area contributed by atoms with Crippen LogP contribution in [0, 0.1) is 0 Å². The van der Waals surface area contributed by atoms with E-state index in [0.29, 0.717) is 21.6 Å². The molecule has 1 saturated heterocycles. The first-order valence-corrected chi connectivity index (χ1v) is 7.62. The van der Waals surface area contributed by atoms with E-state index in [1.807, 2.05) is 6.07 Å². The van der Waals surface area contributed by atoms with E-state index < -0.39 is 6.10 Å². The van der Waals surface area contributed by atoms with Gasteiger partial charge in [0, 0.05) is 11.0 Å². The number of aliphatic hydroxyl groups is 1. The molecule has 0 aromatic heterocycles. The van der Waals surface area contributed by atoms with E-state index in [4.69, 9.17) is 11.6 Å². The third-order valence-electron chi connectivity index (χ3n) is 3.55. The third-order valence-corrected chi connectivity index (χ3v) is 4.85. The Morgan fingerprint density at radius 3 is 2.95 bits per heavy atom. The van der Waals surface area contributed by atoms with Crippen LogP contribution in [-0.2, 0) is 0 Å². The molecule has 1 aromatic carbocycles. The summed E-state index contributed by atoms with van der Waals surface area (Å²) in [6.45, 7) is 2.41. The zero-order valence-corrected chi connectivity index (χ0v) is 13.1. The molecule has 2 unspecified atom stereocenters. The largest absolute Gasteiger partial charge is 0.391 e. The SMILES string of the molecule is CC(O)C1CCCCN1C(=O)c1cccc(Br)c1Cl. The lowest BCUT2D eigenvalue weighted by atomic mass is 9.97. The molecule has 5 heteroatoms. The highest BCUT2D eigenvalue weighted by Crippen LogP contribution is 2.29. The van der Waals surface area contributed by atoms with E-state index in [2.05, 4.69) is 15.9 Å². The number of hydrogen-bond acceptors (Lipinski definition) is 2. The van der Waals surface area contributed by atoms with E-state index in [-0.39, 0.29) is 11.9 Å². The summed E-state index contributed by atoms with van der Waals surface area (Å²) in [5.41, 5.74) is 0.489. The van der Waals surface area contributed by atoms with Crippen molar-refractivity contribution in [3.05, 3.63) is 33.3 Å². The quantitative estimate of drug-likeness (QED) is 0.890. The number of carbonyl (C=O) groups excluding carboxylic acids is 1. The van der Waals surface area contributed by atoms with Gasteiger partial charge in [0.15, 0.2) is 0 Å². The molecule has 1 N–H and O–H groups in total. The van der Waals surface area contributed by atoms with Crippen LogP contribution in [-0.4, -0.2) is 34.6 Å². The van der Waals surface area contributed by atoms with Gasteiger partial charge in [0.05, 0.1) is 22.7 Å². The van der Waals surface area contributed by atoms with Crippen molar-refractivity contribution in [2.45, 2.75) is 38.3 Å². The van der Waals surface area contributed by atoms with Crippen LogP contribution in [0.4, 0.5) is 0 Å². The summed E-state index contributed by atoms with van der Waals surface area (Å²) >= 11 is 9.51. The number of halogens is 2. The molecule has 0 aliphatic carbocycles. The number of nitrogens with zero attached hydrogens (tertiary/aromatic N) is 1. The van der Waals surface area contributed by atoms with Gasteiger partial charge in [-0.1, -0.05) is 17.7 Å². The highest BCUT2D eigenvalue weighted by atomic mass is 79.9. The maximum absolute atomic E-state index is 12.6. The van der Waals surface area contributed by atoms with Crippen LogP contribution in [0.2, 0.25) is 5.02 Å². The molecule has 19 heavy (non-hydrogen) atoms. The Hall–Kier alpha value is -0.580. The van der Waals surface area contributed by atoms with E-state index >= 15 is 0 Å². The Morgan fingerprint density at radius 2 is 2.26 bits per heavy atom. The maximum atomic E-state index is 12.6. The smallest absolute Gasteiger partial charge is 0.255 e. The van der Waals surface area contributed by atoms with Crippen LogP contribution in [0.1, 0.15) is 36.5 Å². The van der Waals surface area contributed by atoms with Crippen LogP contribution in [0.5, 0.6) is 0 Å². The second-order valence-corrected chi connectivity index (χ2v) is 6.14. The van der Waals surface area contributed by atoms with Gasteiger partial charge < -0.3 is 10.0 Å². The summed E-state index contributed by atoms with van der Waals surface area (Å²) in [5, 5.41) is 10.3. The summed E-state index contributed by atoms with van der Waals surface area (Å²) in [4.78, 5) is 14.3. The van der Waals surface area contributed by atoms with Gasteiger partial charge in [0.25, 0.3) is 5.91 Å². The van der Waals surface area contributed by atoms with Crippen LogP contribution in [0.25, 0.3) is 0 Å². The summed E-state index contributed by atoms with van der Waals surface area (Å²) in [5.74, 6) is -0.100. The van der Waals surface area contributed by atoms with Gasteiger partial charge in [-0.15, -0.1) is 0 Å². The zero-order chi connectivity index (χ0) is 14.0. The summed E-state index contributed by atoms with van der Waals surface area (Å²) in [6.07, 6.45) is 2.34. The molecular formula is C14H17BrClNO2. The first-order chi connectivity index (χ1) is 9.02. The van der Waals surface area contributed by atoms with Crippen molar-refractivity contribution in [2.24, 2.45) is 0 Å². The minimum atomic E-state index is -0.518. The van der Waals surface area contributed by atoms with Crippen molar-refractivity contribution >= 4 is 33.4 Å². The maximum Gasteiger partial charge on any atom is 0.255 e. The third kappa shape index (κ3) is 3.12. The molecule has 1 heterocycles. The second kappa shape index (κ2) is 6.25. The van der Waals surface area contributed by atoms with Crippen molar-refractivity contribution < 1.29 is 9.90 Å². The van der Waals surface area contributed by atoms with Gasteiger partial charge >= 0.3 is 0 Å². The van der Waals surface area contributed by atoms with Crippen LogP contribution < -0.4 is 0 Å². The molecule has 1 aliphatic heterocycles. The number of rotatable bonds is 2. The normalized spacial score (nSPS) is 21.3. The topological polar surface area (TPSA) is 40.5 Å². The molecule has 3 nitrogen and oxygen atoms in total. The molecule has 104 valence electrons. The van der Waals surface area contributed by atoms with Crippen molar-refractivity contribution in [2.75, 3.05) is 6.54 Å². The fourth-order valence-corrected chi connectivity index (χ4v) is 3.11. The molecule has 1 aliphatic rings.